The fourth-order valence-corrected chi connectivity index (χ4v) is 2.47. The second kappa shape index (κ2) is 5.36. The molecule has 1 fully saturated rings. The Labute approximate surface area is 116 Å². The van der Waals surface area contributed by atoms with Crippen molar-refractivity contribution in [1.82, 2.24) is 10.3 Å². The number of rotatable bonds is 3. The van der Waals surface area contributed by atoms with Gasteiger partial charge in [-0.15, -0.1) is 0 Å². The molecule has 2 heterocycles. The molecular formula is C13H18BrN3O. The van der Waals surface area contributed by atoms with Crippen molar-refractivity contribution in [2.45, 2.75) is 26.7 Å². The van der Waals surface area contributed by atoms with E-state index < -0.39 is 0 Å². The number of carbonyl (C=O) groups excluding carboxylic acids is 1. The summed E-state index contributed by atoms with van der Waals surface area (Å²) in [6, 6.07) is 1.88. The predicted molar refractivity (Wildman–Crippen MR) is 75.5 cm³/mol. The molecule has 0 spiro atoms. The molecule has 1 unspecified atom stereocenters. The van der Waals surface area contributed by atoms with Crippen LogP contribution in [-0.2, 0) is 4.79 Å². The van der Waals surface area contributed by atoms with Crippen LogP contribution in [0.15, 0.2) is 16.7 Å². The van der Waals surface area contributed by atoms with Gasteiger partial charge in [-0.25, -0.2) is 4.98 Å². The third kappa shape index (κ3) is 2.57. The number of hydrogen-bond donors (Lipinski definition) is 2. The van der Waals surface area contributed by atoms with Crippen LogP contribution in [0.4, 0.5) is 5.82 Å². The molecule has 1 saturated heterocycles. The van der Waals surface area contributed by atoms with Crippen molar-refractivity contribution in [3.05, 3.63) is 22.3 Å². The molecule has 0 saturated carbocycles. The Balaban J connectivity index is 2.13. The zero-order valence-electron chi connectivity index (χ0n) is 10.7. The van der Waals surface area contributed by atoms with E-state index in [0.29, 0.717) is 5.82 Å². The van der Waals surface area contributed by atoms with E-state index in [1.807, 2.05) is 13.0 Å². The molecule has 0 bridgehead atoms. The number of nitrogens with zero attached hydrogens (tertiary/aromatic N) is 1. The normalized spacial score (nSPS) is 23.1. The minimum atomic E-state index is -0.275. The molecule has 4 nitrogen and oxygen atoms in total. The lowest BCUT2D eigenvalue weighted by Gasteiger charge is -2.24. The van der Waals surface area contributed by atoms with Gasteiger partial charge >= 0.3 is 0 Å². The molecule has 1 aliphatic heterocycles. The molecule has 2 N–H and O–H groups in total. The quantitative estimate of drug-likeness (QED) is 0.901. The molecule has 0 aliphatic carbocycles. The molecule has 1 aromatic heterocycles. The highest BCUT2D eigenvalue weighted by atomic mass is 79.9. The van der Waals surface area contributed by atoms with E-state index in [4.69, 9.17) is 0 Å². The van der Waals surface area contributed by atoms with Gasteiger partial charge in [0.25, 0.3) is 0 Å². The van der Waals surface area contributed by atoms with Gasteiger partial charge in [0.15, 0.2) is 0 Å². The molecular weight excluding hydrogens is 294 g/mol. The number of halogens is 1. The Morgan fingerprint density at radius 3 is 3.00 bits per heavy atom. The maximum Gasteiger partial charge on any atom is 0.233 e. The van der Waals surface area contributed by atoms with Crippen LogP contribution in [-0.4, -0.2) is 24.0 Å². The van der Waals surface area contributed by atoms with Gasteiger partial charge in [0.1, 0.15) is 5.82 Å². The Bertz CT molecular complexity index is 456. The van der Waals surface area contributed by atoms with Crippen molar-refractivity contribution in [3.63, 3.8) is 0 Å². The maximum atomic E-state index is 12.4. The number of amides is 1. The average molecular weight is 312 g/mol. The molecule has 1 amide bonds. The highest BCUT2D eigenvalue weighted by Gasteiger charge is 2.39. The summed E-state index contributed by atoms with van der Waals surface area (Å²) in [6.07, 6.45) is 3.46. The lowest BCUT2D eigenvalue weighted by Crippen LogP contribution is -2.37. The summed E-state index contributed by atoms with van der Waals surface area (Å²) in [5.74, 6) is 0.699. The van der Waals surface area contributed by atoms with Crippen molar-refractivity contribution in [2.75, 3.05) is 18.4 Å². The first-order chi connectivity index (χ1) is 8.57. The summed E-state index contributed by atoms with van der Waals surface area (Å²) in [7, 11) is 0. The lowest BCUT2D eigenvalue weighted by atomic mass is 9.83. The van der Waals surface area contributed by atoms with Crippen LogP contribution in [0.2, 0.25) is 0 Å². The molecule has 1 aliphatic rings. The second-order valence-electron chi connectivity index (χ2n) is 4.83. The summed E-state index contributed by atoms with van der Waals surface area (Å²) in [6.45, 7) is 5.71. The van der Waals surface area contributed by atoms with Crippen LogP contribution in [0.1, 0.15) is 25.3 Å². The van der Waals surface area contributed by atoms with Crippen molar-refractivity contribution in [1.29, 1.82) is 0 Å². The average Bonchev–Trinajstić information content (AvgIpc) is 2.84. The van der Waals surface area contributed by atoms with Crippen molar-refractivity contribution in [3.8, 4) is 0 Å². The number of aryl methyl sites for hydroxylation is 1. The van der Waals surface area contributed by atoms with Gasteiger partial charge in [0, 0.05) is 17.2 Å². The van der Waals surface area contributed by atoms with Gasteiger partial charge in [-0.05, 0) is 53.9 Å². The number of pyridine rings is 1. The summed E-state index contributed by atoms with van der Waals surface area (Å²) in [4.78, 5) is 16.6. The van der Waals surface area contributed by atoms with Crippen molar-refractivity contribution in [2.24, 2.45) is 5.41 Å². The van der Waals surface area contributed by atoms with E-state index in [-0.39, 0.29) is 11.3 Å². The number of aromatic nitrogens is 1. The van der Waals surface area contributed by atoms with E-state index in [9.17, 15) is 4.79 Å². The first-order valence-electron chi connectivity index (χ1n) is 6.22. The fourth-order valence-electron chi connectivity index (χ4n) is 2.26. The first-order valence-corrected chi connectivity index (χ1v) is 7.01. The minimum absolute atomic E-state index is 0.0734. The first kappa shape index (κ1) is 13.5. The molecule has 0 radical (unpaired) electrons. The van der Waals surface area contributed by atoms with E-state index in [1.165, 1.54) is 0 Å². The van der Waals surface area contributed by atoms with Crippen LogP contribution >= 0.6 is 15.9 Å². The van der Waals surface area contributed by atoms with Crippen molar-refractivity contribution < 1.29 is 4.79 Å². The van der Waals surface area contributed by atoms with Crippen LogP contribution in [0.25, 0.3) is 0 Å². The Kier molecular flexibility index (Phi) is 4.02. The third-order valence-corrected chi connectivity index (χ3v) is 4.52. The van der Waals surface area contributed by atoms with Crippen LogP contribution < -0.4 is 10.6 Å². The Morgan fingerprint density at radius 2 is 2.44 bits per heavy atom. The summed E-state index contributed by atoms with van der Waals surface area (Å²) >= 11 is 3.40. The van der Waals surface area contributed by atoms with Crippen molar-refractivity contribution >= 4 is 27.7 Å². The topological polar surface area (TPSA) is 54.0 Å². The monoisotopic (exact) mass is 311 g/mol. The van der Waals surface area contributed by atoms with Crippen LogP contribution in [0.3, 0.4) is 0 Å². The molecule has 0 aromatic carbocycles. The Hall–Kier alpha value is -0.940. The van der Waals surface area contributed by atoms with Crippen LogP contribution in [0.5, 0.6) is 0 Å². The zero-order chi connectivity index (χ0) is 13.2. The molecule has 5 heteroatoms. The minimum Gasteiger partial charge on any atom is -0.316 e. The van der Waals surface area contributed by atoms with E-state index >= 15 is 0 Å². The van der Waals surface area contributed by atoms with Gasteiger partial charge in [-0.3, -0.25) is 4.79 Å². The SMILES string of the molecule is CCC1(C(=O)Nc2cc(C)c(Br)cn2)CCNC1. The molecule has 1 atom stereocenters. The molecule has 18 heavy (non-hydrogen) atoms. The van der Waals surface area contributed by atoms with E-state index in [1.54, 1.807) is 6.20 Å². The number of anilines is 1. The maximum absolute atomic E-state index is 12.4. The third-order valence-electron chi connectivity index (χ3n) is 3.69. The molecule has 2 rings (SSSR count). The van der Waals surface area contributed by atoms with Gasteiger partial charge in [0.2, 0.25) is 5.91 Å². The van der Waals surface area contributed by atoms with Gasteiger partial charge < -0.3 is 10.6 Å². The van der Waals surface area contributed by atoms with Gasteiger partial charge in [-0.1, -0.05) is 6.92 Å². The second-order valence-corrected chi connectivity index (χ2v) is 5.69. The van der Waals surface area contributed by atoms with Gasteiger partial charge in [-0.2, -0.15) is 0 Å². The summed E-state index contributed by atoms with van der Waals surface area (Å²) in [5.41, 5.74) is 0.790. The smallest absolute Gasteiger partial charge is 0.233 e. The number of nitrogens with one attached hydrogen (secondary N) is 2. The predicted octanol–water partition coefficient (Wildman–Crippen LogP) is 2.48. The highest BCUT2D eigenvalue weighted by Crippen LogP contribution is 2.31. The summed E-state index contributed by atoms with van der Waals surface area (Å²) in [5, 5.41) is 6.20. The Morgan fingerprint density at radius 1 is 1.67 bits per heavy atom. The highest BCUT2D eigenvalue weighted by molar-refractivity contribution is 9.10. The lowest BCUT2D eigenvalue weighted by molar-refractivity contribution is -0.124. The summed E-state index contributed by atoms with van der Waals surface area (Å²) < 4.78 is 0.952. The molecule has 1 aromatic rings. The zero-order valence-corrected chi connectivity index (χ0v) is 12.3. The fraction of sp³-hybridized carbons (Fsp3) is 0.538. The van der Waals surface area contributed by atoms with Gasteiger partial charge in [0.05, 0.1) is 5.41 Å². The number of hydrogen-bond acceptors (Lipinski definition) is 3. The standard InChI is InChI=1S/C13H18BrN3O/c1-3-13(4-5-15-8-13)12(18)17-11-6-9(2)10(14)7-16-11/h6-7,15H,3-5,8H2,1-2H3,(H,16,17,18). The van der Waals surface area contributed by atoms with E-state index in [0.717, 1.165) is 36.0 Å². The largest absolute Gasteiger partial charge is 0.316 e. The molecule has 98 valence electrons. The van der Waals surface area contributed by atoms with Crippen LogP contribution in [0, 0.1) is 12.3 Å². The van der Waals surface area contributed by atoms with E-state index in [2.05, 4.69) is 38.5 Å². The number of carbonyl (C=O) groups is 1.